The minimum atomic E-state index is -0.804. The number of nitro groups is 1. The standard InChI is InChI=1S/C13H17N7O4/c1-4-18-7-10(11(17-18)13(22)14-3)16-12(21)8(2)19-6-9(5-15-19)20(23)24/h5-8H,4H2,1-3H3,(H,14,22)(H,16,21). The topological polar surface area (TPSA) is 137 Å². The lowest BCUT2D eigenvalue weighted by Gasteiger charge is -2.11. The number of amides is 2. The highest BCUT2D eigenvalue weighted by Crippen LogP contribution is 2.18. The summed E-state index contributed by atoms with van der Waals surface area (Å²) in [6, 6.07) is -0.804. The van der Waals surface area contributed by atoms with E-state index in [9.17, 15) is 19.7 Å². The van der Waals surface area contributed by atoms with Crippen LogP contribution in [0, 0.1) is 10.1 Å². The van der Waals surface area contributed by atoms with E-state index in [0.717, 1.165) is 6.20 Å². The van der Waals surface area contributed by atoms with E-state index in [1.54, 1.807) is 6.20 Å². The van der Waals surface area contributed by atoms with Crippen LogP contribution in [0.15, 0.2) is 18.6 Å². The maximum absolute atomic E-state index is 12.3. The van der Waals surface area contributed by atoms with Crippen LogP contribution >= 0.6 is 0 Å². The van der Waals surface area contributed by atoms with Gasteiger partial charge in [0.2, 0.25) is 5.91 Å². The summed E-state index contributed by atoms with van der Waals surface area (Å²) in [6.07, 6.45) is 3.77. The first-order valence-corrected chi connectivity index (χ1v) is 7.16. The summed E-state index contributed by atoms with van der Waals surface area (Å²) in [4.78, 5) is 34.3. The minimum absolute atomic E-state index is 0.0892. The molecule has 11 nitrogen and oxygen atoms in total. The Morgan fingerprint density at radius 3 is 2.67 bits per heavy atom. The quantitative estimate of drug-likeness (QED) is 0.585. The molecule has 128 valence electrons. The molecule has 0 aliphatic carbocycles. The van der Waals surface area contributed by atoms with Crippen molar-refractivity contribution in [2.75, 3.05) is 12.4 Å². The molecular formula is C13H17N7O4. The second kappa shape index (κ2) is 6.89. The summed E-state index contributed by atoms with van der Waals surface area (Å²) in [5.41, 5.74) is 0.139. The molecule has 24 heavy (non-hydrogen) atoms. The third-order valence-electron chi connectivity index (χ3n) is 3.36. The molecule has 0 saturated carbocycles. The molecule has 1 atom stereocenters. The predicted molar refractivity (Wildman–Crippen MR) is 83.5 cm³/mol. The van der Waals surface area contributed by atoms with Crippen LogP contribution in [-0.4, -0.2) is 43.3 Å². The number of aromatic nitrogens is 4. The monoisotopic (exact) mass is 335 g/mol. The molecule has 2 heterocycles. The van der Waals surface area contributed by atoms with Crippen molar-refractivity contribution < 1.29 is 14.5 Å². The van der Waals surface area contributed by atoms with E-state index in [-0.39, 0.29) is 17.1 Å². The summed E-state index contributed by atoms with van der Waals surface area (Å²) in [7, 11) is 1.46. The number of carbonyl (C=O) groups excluding carboxylic acids is 2. The lowest BCUT2D eigenvalue weighted by atomic mass is 10.3. The third kappa shape index (κ3) is 3.39. The second-order valence-corrected chi connectivity index (χ2v) is 4.93. The van der Waals surface area contributed by atoms with Crippen LogP contribution in [0.25, 0.3) is 0 Å². The molecule has 0 spiro atoms. The van der Waals surface area contributed by atoms with E-state index in [0.29, 0.717) is 6.54 Å². The first-order chi connectivity index (χ1) is 11.4. The van der Waals surface area contributed by atoms with Gasteiger partial charge in [0.05, 0.1) is 10.6 Å². The van der Waals surface area contributed by atoms with Crippen molar-refractivity contribution >= 4 is 23.2 Å². The van der Waals surface area contributed by atoms with E-state index in [1.807, 2.05) is 6.92 Å². The number of anilines is 1. The largest absolute Gasteiger partial charge is 0.354 e. The molecule has 2 N–H and O–H groups in total. The Hall–Kier alpha value is -3.24. The Bertz CT molecular complexity index is 779. The van der Waals surface area contributed by atoms with Crippen molar-refractivity contribution in [3.63, 3.8) is 0 Å². The van der Waals surface area contributed by atoms with E-state index >= 15 is 0 Å². The van der Waals surface area contributed by atoms with Crippen LogP contribution in [0.1, 0.15) is 30.4 Å². The number of hydrogen-bond acceptors (Lipinski definition) is 6. The highest BCUT2D eigenvalue weighted by Gasteiger charge is 2.23. The van der Waals surface area contributed by atoms with Gasteiger partial charge in [-0.3, -0.25) is 29.1 Å². The van der Waals surface area contributed by atoms with E-state index < -0.39 is 22.8 Å². The smallest absolute Gasteiger partial charge is 0.307 e. The average Bonchev–Trinajstić information content (AvgIpc) is 3.20. The van der Waals surface area contributed by atoms with Gasteiger partial charge in [0.15, 0.2) is 5.69 Å². The van der Waals surface area contributed by atoms with Crippen molar-refractivity contribution in [3.8, 4) is 0 Å². The van der Waals surface area contributed by atoms with Crippen LogP contribution in [0.3, 0.4) is 0 Å². The Morgan fingerprint density at radius 1 is 1.42 bits per heavy atom. The van der Waals surface area contributed by atoms with Gasteiger partial charge in [0, 0.05) is 19.8 Å². The molecule has 2 amide bonds. The lowest BCUT2D eigenvalue weighted by molar-refractivity contribution is -0.385. The number of hydrogen-bond donors (Lipinski definition) is 2. The van der Waals surface area contributed by atoms with E-state index in [2.05, 4.69) is 20.8 Å². The zero-order valence-electron chi connectivity index (χ0n) is 13.4. The van der Waals surface area contributed by atoms with Gasteiger partial charge in [-0.2, -0.15) is 10.2 Å². The molecule has 0 aromatic carbocycles. The fourth-order valence-electron chi connectivity index (χ4n) is 1.95. The van der Waals surface area contributed by atoms with Gasteiger partial charge < -0.3 is 10.6 Å². The molecule has 0 bridgehead atoms. The van der Waals surface area contributed by atoms with Crippen molar-refractivity contribution in [2.24, 2.45) is 0 Å². The number of nitrogens with one attached hydrogen (secondary N) is 2. The molecule has 0 aliphatic heterocycles. The zero-order chi connectivity index (χ0) is 17.9. The zero-order valence-corrected chi connectivity index (χ0v) is 13.4. The Morgan fingerprint density at radius 2 is 2.12 bits per heavy atom. The van der Waals surface area contributed by atoms with Gasteiger partial charge >= 0.3 is 5.69 Å². The van der Waals surface area contributed by atoms with Gasteiger partial charge in [-0.05, 0) is 13.8 Å². The number of carbonyl (C=O) groups is 2. The molecule has 2 rings (SSSR count). The Labute approximate surface area is 136 Å². The fourth-order valence-corrected chi connectivity index (χ4v) is 1.95. The maximum Gasteiger partial charge on any atom is 0.307 e. The summed E-state index contributed by atoms with van der Waals surface area (Å²) in [6.45, 7) is 3.91. The summed E-state index contributed by atoms with van der Waals surface area (Å²) in [5, 5.41) is 23.6. The summed E-state index contributed by atoms with van der Waals surface area (Å²) in [5.74, 6) is -0.909. The van der Waals surface area contributed by atoms with E-state index in [4.69, 9.17) is 0 Å². The van der Waals surface area contributed by atoms with Crippen LogP contribution in [-0.2, 0) is 11.3 Å². The van der Waals surface area contributed by atoms with Gasteiger partial charge in [-0.15, -0.1) is 0 Å². The summed E-state index contributed by atoms with van der Waals surface area (Å²) < 4.78 is 2.70. The first kappa shape index (κ1) is 17.1. The molecular weight excluding hydrogens is 318 g/mol. The minimum Gasteiger partial charge on any atom is -0.354 e. The molecule has 0 saturated heterocycles. The predicted octanol–water partition coefficient (Wildman–Crippen LogP) is 0.567. The first-order valence-electron chi connectivity index (χ1n) is 7.16. The molecule has 11 heteroatoms. The van der Waals surface area contributed by atoms with Gasteiger partial charge in [-0.25, -0.2) is 0 Å². The molecule has 2 aromatic heterocycles. The number of nitrogens with zero attached hydrogens (tertiary/aromatic N) is 5. The maximum atomic E-state index is 12.3. The molecule has 2 aromatic rings. The van der Waals surface area contributed by atoms with Crippen molar-refractivity contribution in [1.29, 1.82) is 0 Å². The molecule has 0 fully saturated rings. The van der Waals surface area contributed by atoms with E-state index in [1.165, 1.54) is 29.5 Å². The molecule has 0 aliphatic rings. The number of aryl methyl sites for hydroxylation is 1. The normalized spacial score (nSPS) is 11.8. The molecule has 1 unspecified atom stereocenters. The van der Waals surface area contributed by atoms with Gasteiger partial charge in [-0.1, -0.05) is 0 Å². The van der Waals surface area contributed by atoms with Crippen molar-refractivity contribution in [2.45, 2.75) is 26.4 Å². The highest BCUT2D eigenvalue weighted by molar-refractivity contribution is 6.02. The van der Waals surface area contributed by atoms with Crippen molar-refractivity contribution in [1.82, 2.24) is 24.9 Å². The molecule has 0 radical (unpaired) electrons. The average molecular weight is 335 g/mol. The second-order valence-electron chi connectivity index (χ2n) is 4.93. The van der Waals surface area contributed by atoms with Crippen LogP contribution in [0.5, 0.6) is 0 Å². The number of rotatable bonds is 6. The van der Waals surface area contributed by atoms with Crippen molar-refractivity contribution in [3.05, 3.63) is 34.4 Å². The highest BCUT2D eigenvalue weighted by atomic mass is 16.6. The Kier molecular flexibility index (Phi) is 4.92. The van der Waals surface area contributed by atoms with Crippen LogP contribution in [0.2, 0.25) is 0 Å². The summed E-state index contributed by atoms with van der Waals surface area (Å²) >= 11 is 0. The Balaban J connectivity index is 2.20. The van der Waals surface area contributed by atoms with Gasteiger partial charge in [0.1, 0.15) is 18.4 Å². The SMILES string of the molecule is CCn1cc(NC(=O)C(C)n2cc([N+](=O)[O-])cn2)c(C(=O)NC)n1. The van der Waals surface area contributed by atoms with Crippen LogP contribution in [0.4, 0.5) is 11.4 Å². The third-order valence-corrected chi connectivity index (χ3v) is 3.36. The van der Waals surface area contributed by atoms with Crippen LogP contribution < -0.4 is 10.6 Å². The lowest BCUT2D eigenvalue weighted by Crippen LogP contribution is -2.26. The van der Waals surface area contributed by atoms with Gasteiger partial charge in [0.25, 0.3) is 5.91 Å². The fraction of sp³-hybridized carbons (Fsp3) is 0.385.